The van der Waals surface area contributed by atoms with Crippen LogP contribution in [-0.4, -0.2) is 22.5 Å². The normalized spacial score (nSPS) is 11.3. The minimum absolute atomic E-state index is 0.214. The average Bonchev–Trinajstić information content (AvgIpc) is 2.83. The van der Waals surface area contributed by atoms with Gasteiger partial charge in [-0.1, -0.05) is 19.4 Å². The van der Waals surface area contributed by atoms with E-state index in [0.717, 1.165) is 23.9 Å². The van der Waals surface area contributed by atoms with Gasteiger partial charge in [0.25, 0.3) is 0 Å². The van der Waals surface area contributed by atoms with Crippen LogP contribution in [0.15, 0.2) is 12.1 Å². The van der Waals surface area contributed by atoms with Gasteiger partial charge in [0.05, 0.1) is 12.3 Å². The van der Waals surface area contributed by atoms with Crippen molar-refractivity contribution in [3.05, 3.63) is 22.7 Å². The highest BCUT2D eigenvalue weighted by atomic mass is 32.1. The molecule has 0 bridgehead atoms. The van der Waals surface area contributed by atoms with Crippen LogP contribution in [0, 0.1) is 0 Å². The number of allylic oxidation sites excluding steroid dienone is 1. The summed E-state index contributed by atoms with van der Waals surface area (Å²) in [5, 5.41) is 0.833. The molecule has 106 valence electrons. The minimum atomic E-state index is -0.336. The van der Waals surface area contributed by atoms with Gasteiger partial charge in [-0.3, -0.25) is 0 Å². The number of carbonyl (C=O) groups excluding carboxylic acids is 1. The van der Waals surface area contributed by atoms with E-state index in [1.54, 1.807) is 13.0 Å². The van der Waals surface area contributed by atoms with Crippen molar-refractivity contribution in [1.82, 2.24) is 9.97 Å². The molecule has 5 nitrogen and oxygen atoms in total. The third-order valence-corrected chi connectivity index (χ3v) is 3.66. The minimum Gasteiger partial charge on any atom is -0.462 e. The van der Waals surface area contributed by atoms with Crippen molar-refractivity contribution in [3.8, 4) is 0 Å². The number of carbonyl (C=O) groups is 1. The highest BCUT2D eigenvalue weighted by Gasteiger charge is 2.14. The molecular weight excluding hydrogens is 274 g/mol. The summed E-state index contributed by atoms with van der Waals surface area (Å²) >= 11 is 1.27. The topological polar surface area (TPSA) is 78.1 Å². The number of hydrogen-bond donors (Lipinski definition) is 1. The maximum atomic E-state index is 11.8. The lowest BCUT2D eigenvalue weighted by atomic mass is 10.2. The Kier molecular flexibility index (Phi) is 4.68. The highest BCUT2D eigenvalue weighted by Crippen LogP contribution is 2.28. The molecule has 2 N–H and O–H groups in total. The molecule has 0 aromatic carbocycles. The Labute approximate surface area is 121 Å². The molecular formula is C14H17N3O2S. The number of anilines is 1. The largest absolute Gasteiger partial charge is 0.462 e. The Morgan fingerprint density at radius 2 is 2.25 bits per heavy atom. The summed E-state index contributed by atoms with van der Waals surface area (Å²) in [4.78, 5) is 21.4. The number of nitrogens with zero attached hydrogens (tertiary/aromatic N) is 2. The van der Waals surface area contributed by atoms with Gasteiger partial charge in [-0.2, -0.15) is 0 Å². The van der Waals surface area contributed by atoms with Crippen molar-refractivity contribution >= 4 is 39.5 Å². The van der Waals surface area contributed by atoms with Crippen LogP contribution in [0.5, 0.6) is 0 Å². The Balaban J connectivity index is 2.44. The molecule has 0 aliphatic heterocycles. The number of nitrogens with two attached hydrogens (primary N) is 1. The fourth-order valence-corrected chi connectivity index (χ4v) is 2.69. The van der Waals surface area contributed by atoms with Gasteiger partial charge in [0.15, 0.2) is 0 Å². The van der Waals surface area contributed by atoms with E-state index in [0.29, 0.717) is 16.3 Å². The van der Waals surface area contributed by atoms with Crippen molar-refractivity contribution < 1.29 is 9.53 Å². The molecule has 0 amide bonds. The standard InChI is InChI=1S/C14H17N3O2S/c1-3-5-6-7-10-9-8-11(13(18)19-4-2)20-12(9)17-14(15)16-10/h6-8H,3-5H2,1-2H3,(H2,15,16,17). The van der Waals surface area contributed by atoms with E-state index in [9.17, 15) is 4.79 Å². The molecule has 0 aliphatic carbocycles. The van der Waals surface area contributed by atoms with Crippen molar-refractivity contribution in [1.29, 1.82) is 0 Å². The number of thiophene rings is 1. The number of ether oxygens (including phenoxy) is 1. The molecule has 2 aromatic rings. The molecule has 0 radical (unpaired) electrons. The number of fused-ring (bicyclic) bond motifs is 1. The van der Waals surface area contributed by atoms with E-state index in [-0.39, 0.29) is 11.9 Å². The van der Waals surface area contributed by atoms with Crippen molar-refractivity contribution in [2.45, 2.75) is 26.7 Å². The molecule has 0 unspecified atom stereocenters. The Bertz CT molecular complexity index is 649. The third kappa shape index (κ3) is 3.14. The molecule has 0 saturated heterocycles. The van der Waals surface area contributed by atoms with E-state index >= 15 is 0 Å². The quantitative estimate of drug-likeness (QED) is 0.855. The van der Waals surface area contributed by atoms with Gasteiger partial charge < -0.3 is 10.5 Å². The van der Waals surface area contributed by atoms with E-state index < -0.39 is 0 Å². The van der Waals surface area contributed by atoms with E-state index in [2.05, 4.69) is 16.9 Å². The van der Waals surface area contributed by atoms with Crippen LogP contribution < -0.4 is 5.73 Å². The lowest BCUT2D eigenvalue weighted by Crippen LogP contribution is -2.01. The predicted octanol–water partition coefficient (Wildman–Crippen LogP) is 3.26. The van der Waals surface area contributed by atoms with Crippen LogP contribution >= 0.6 is 11.3 Å². The number of aromatic nitrogens is 2. The molecule has 20 heavy (non-hydrogen) atoms. The Morgan fingerprint density at radius 1 is 1.45 bits per heavy atom. The maximum absolute atomic E-state index is 11.8. The first kappa shape index (κ1) is 14.5. The summed E-state index contributed by atoms with van der Waals surface area (Å²) in [5.74, 6) is -0.122. The second-order valence-corrected chi connectivity index (χ2v) is 5.24. The van der Waals surface area contributed by atoms with Gasteiger partial charge >= 0.3 is 5.97 Å². The van der Waals surface area contributed by atoms with Crippen LogP contribution in [0.25, 0.3) is 16.3 Å². The smallest absolute Gasteiger partial charge is 0.348 e. The maximum Gasteiger partial charge on any atom is 0.348 e. The molecule has 2 heterocycles. The second kappa shape index (κ2) is 6.47. The Morgan fingerprint density at radius 3 is 2.95 bits per heavy atom. The van der Waals surface area contributed by atoms with Gasteiger partial charge in [-0.15, -0.1) is 11.3 Å². The van der Waals surface area contributed by atoms with E-state index in [1.807, 2.05) is 12.2 Å². The lowest BCUT2D eigenvalue weighted by Gasteiger charge is -1.97. The van der Waals surface area contributed by atoms with Crippen molar-refractivity contribution in [2.75, 3.05) is 12.3 Å². The Hall–Kier alpha value is -1.95. The van der Waals surface area contributed by atoms with Crippen LogP contribution in [0.1, 0.15) is 42.1 Å². The van der Waals surface area contributed by atoms with Gasteiger partial charge in [0.1, 0.15) is 9.71 Å². The van der Waals surface area contributed by atoms with Gasteiger partial charge in [0.2, 0.25) is 5.95 Å². The van der Waals surface area contributed by atoms with Crippen molar-refractivity contribution in [2.24, 2.45) is 0 Å². The van der Waals surface area contributed by atoms with Crippen LogP contribution in [0.3, 0.4) is 0 Å². The zero-order chi connectivity index (χ0) is 14.5. The number of hydrogen-bond acceptors (Lipinski definition) is 6. The third-order valence-electron chi connectivity index (χ3n) is 2.65. The molecule has 2 aromatic heterocycles. The molecule has 0 saturated carbocycles. The van der Waals surface area contributed by atoms with Crippen molar-refractivity contribution in [3.63, 3.8) is 0 Å². The molecule has 2 rings (SSSR count). The molecule has 0 fully saturated rings. The molecule has 0 aliphatic rings. The van der Waals surface area contributed by atoms with Gasteiger partial charge in [-0.25, -0.2) is 14.8 Å². The van der Waals surface area contributed by atoms with E-state index in [4.69, 9.17) is 10.5 Å². The monoisotopic (exact) mass is 291 g/mol. The predicted molar refractivity (Wildman–Crippen MR) is 81.7 cm³/mol. The fraction of sp³-hybridized carbons (Fsp3) is 0.357. The van der Waals surface area contributed by atoms with Crippen LogP contribution in [-0.2, 0) is 4.74 Å². The SMILES string of the molecule is CCCC=Cc1nc(N)nc2sc(C(=O)OCC)cc12. The molecule has 0 spiro atoms. The van der Waals surface area contributed by atoms with Gasteiger partial charge in [-0.05, 0) is 25.5 Å². The van der Waals surface area contributed by atoms with Crippen LogP contribution in [0.2, 0.25) is 0 Å². The first-order chi connectivity index (χ1) is 9.65. The average molecular weight is 291 g/mol. The number of unbranched alkanes of at least 4 members (excludes halogenated alkanes) is 1. The molecule has 6 heteroatoms. The number of rotatable bonds is 5. The highest BCUT2D eigenvalue weighted by molar-refractivity contribution is 7.20. The first-order valence-electron chi connectivity index (χ1n) is 6.56. The summed E-state index contributed by atoms with van der Waals surface area (Å²) < 4.78 is 5.00. The second-order valence-electron chi connectivity index (χ2n) is 4.21. The fourth-order valence-electron chi connectivity index (χ4n) is 1.75. The lowest BCUT2D eigenvalue weighted by molar-refractivity contribution is 0.0532. The molecule has 0 atom stereocenters. The van der Waals surface area contributed by atoms with Gasteiger partial charge in [0, 0.05) is 5.39 Å². The summed E-state index contributed by atoms with van der Waals surface area (Å²) in [6.07, 6.45) is 6.01. The zero-order valence-corrected chi connectivity index (χ0v) is 12.4. The summed E-state index contributed by atoms with van der Waals surface area (Å²) in [6, 6.07) is 1.77. The number of nitrogen functional groups attached to an aromatic ring is 1. The number of esters is 1. The summed E-state index contributed by atoms with van der Waals surface area (Å²) in [7, 11) is 0. The first-order valence-corrected chi connectivity index (χ1v) is 7.38. The van der Waals surface area contributed by atoms with Crippen LogP contribution in [0.4, 0.5) is 5.95 Å². The van der Waals surface area contributed by atoms with E-state index in [1.165, 1.54) is 11.3 Å². The summed E-state index contributed by atoms with van der Waals surface area (Å²) in [6.45, 7) is 4.24. The summed E-state index contributed by atoms with van der Waals surface area (Å²) in [5.41, 5.74) is 6.45. The zero-order valence-electron chi connectivity index (χ0n) is 11.5.